The van der Waals surface area contributed by atoms with Crippen LogP contribution in [0.5, 0.6) is 0 Å². The third-order valence-corrected chi connectivity index (χ3v) is 2.92. The van der Waals surface area contributed by atoms with Crippen LogP contribution in [0.25, 0.3) is 0 Å². The topological polar surface area (TPSA) is 75.4 Å². The van der Waals surface area contributed by atoms with Crippen LogP contribution in [0.15, 0.2) is 6.33 Å². The second-order valence-corrected chi connectivity index (χ2v) is 5.59. The van der Waals surface area contributed by atoms with E-state index in [4.69, 9.17) is 11.6 Å². The molecule has 0 radical (unpaired) electrons. The average molecular weight is 302 g/mol. The number of hydrogen-bond acceptors (Lipinski definition) is 6. The van der Waals surface area contributed by atoms with Crippen LogP contribution in [0.3, 0.4) is 0 Å². The van der Waals surface area contributed by atoms with E-state index in [9.17, 15) is 10.1 Å². The van der Waals surface area contributed by atoms with Gasteiger partial charge < -0.3 is 9.80 Å². The molecule has 0 aliphatic heterocycles. The summed E-state index contributed by atoms with van der Waals surface area (Å²) >= 11 is 5.84. The number of hydrogen-bond donors (Lipinski definition) is 0. The number of anilines is 1. The van der Waals surface area contributed by atoms with Crippen molar-refractivity contribution in [3.05, 3.63) is 21.6 Å². The summed E-state index contributed by atoms with van der Waals surface area (Å²) in [6, 6.07) is 0. The van der Waals surface area contributed by atoms with Crippen LogP contribution in [-0.4, -0.2) is 53.5 Å². The summed E-state index contributed by atoms with van der Waals surface area (Å²) in [5.74, 6) is 0.635. The Morgan fingerprint density at radius 3 is 2.50 bits per heavy atom. The predicted molar refractivity (Wildman–Crippen MR) is 79.3 cm³/mol. The van der Waals surface area contributed by atoms with Crippen molar-refractivity contribution >= 4 is 23.1 Å². The Bertz CT molecular complexity index is 467. The van der Waals surface area contributed by atoms with E-state index in [2.05, 4.69) is 23.8 Å². The van der Waals surface area contributed by atoms with Gasteiger partial charge in [0, 0.05) is 19.6 Å². The third kappa shape index (κ3) is 4.57. The highest BCUT2D eigenvalue weighted by atomic mass is 35.5. The van der Waals surface area contributed by atoms with Crippen molar-refractivity contribution in [3.8, 4) is 0 Å². The molecule has 112 valence electrons. The van der Waals surface area contributed by atoms with Crippen molar-refractivity contribution in [2.45, 2.75) is 13.8 Å². The van der Waals surface area contributed by atoms with Gasteiger partial charge in [-0.15, -0.1) is 0 Å². The number of nitro groups is 1. The number of likely N-dealkylation sites (N-methyl/N-ethyl adjacent to an activating group) is 1. The lowest BCUT2D eigenvalue weighted by molar-refractivity contribution is -0.384. The fourth-order valence-corrected chi connectivity index (χ4v) is 1.98. The number of halogens is 1. The third-order valence-electron chi connectivity index (χ3n) is 2.64. The normalized spacial score (nSPS) is 11.2. The number of nitrogens with zero attached hydrogens (tertiary/aromatic N) is 5. The molecular formula is C12H20ClN5O2. The molecule has 1 aromatic heterocycles. The molecule has 0 amide bonds. The van der Waals surface area contributed by atoms with Gasteiger partial charge in [-0.2, -0.15) is 0 Å². The summed E-state index contributed by atoms with van der Waals surface area (Å²) in [6.07, 6.45) is 1.26. The maximum atomic E-state index is 11.2. The van der Waals surface area contributed by atoms with Crippen molar-refractivity contribution in [2.75, 3.05) is 38.6 Å². The van der Waals surface area contributed by atoms with Crippen molar-refractivity contribution in [1.82, 2.24) is 14.9 Å². The summed E-state index contributed by atoms with van der Waals surface area (Å²) in [5, 5.41) is 11.0. The number of rotatable bonds is 7. The highest BCUT2D eigenvalue weighted by molar-refractivity contribution is 6.31. The van der Waals surface area contributed by atoms with Crippen molar-refractivity contribution in [2.24, 2.45) is 5.92 Å². The lowest BCUT2D eigenvalue weighted by atomic mass is 10.2. The summed E-state index contributed by atoms with van der Waals surface area (Å²) in [5.41, 5.74) is -0.228. The maximum Gasteiger partial charge on any atom is 0.348 e. The largest absolute Gasteiger partial charge is 0.349 e. The minimum Gasteiger partial charge on any atom is -0.349 e. The zero-order valence-electron chi connectivity index (χ0n) is 12.2. The first-order valence-corrected chi connectivity index (χ1v) is 6.75. The molecule has 1 heterocycles. The van der Waals surface area contributed by atoms with Crippen molar-refractivity contribution in [3.63, 3.8) is 0 Å². The zero-order chi connectivity index (χ0) is 15.3. The van der Waals surface area contributed by atoms with Gasteiger partial charge in [-0.05, 0) is 20.0 Å². The van der Waals surface area contributed by atoms with Gasteiger partial charge in [0.15, 0.2) is 0 Å². The van der Waals surface area contributed by atoms with Crippen LogP contribution in [0.1, 0.15) is 13.8 Å². The van der Waals surface area contributed by atoms with Crippen LogP contribution in [0, 0.1) is 16.0 Å². The minimum absolute atomic E-state index is 0.126. The van der Waals surface area contributed by atoms with Crippen molar-refractivity contribution < 1.29 is 4.92 Å². The molecule has 7 nitrogen and oxygen atoms in total. The van der Waals surface area contributed by atoms with Gasteiger partial charge in [-0.3, -0.25) is 10.1 Å². The molecule has 0 N–H and O–H groups in total. The van der Waals surface area contributed by atoms with Crippen LogP contribution < -0.4 is 4.90 Å². The van der Waals surface area contributed by atoms with E-state index in [0.29, 0.717) is 19.0 Å². The minimum atomic E-state index is -0.527. The SMILES string of the molecule is CC(C)CN(CCN(C)C)c1ncnc(Cl)c1[N+](=O)[O-]. The zero-order valence-corrected chi connectivity index (χ0v) is 13.0. The Balaban J connectivity index is 3.12. The van der Waals surface area contributed by atoms with Gasteiger partial charge in [0.2, 0.25) is 11.0 Å². The molecule has 8 heteroatoms. The first-order chi connectivity index (χ1) is 9.32. The lowest BCUT2D eigenvalue weighted by Crippen LogP contribution is -2.35. The van der Waals surface area contributed by atoms with Crippen LogP contribution in [0.2, 0.25) is 5.15 Å². The summed E-state index contributed by atoms with van der Waals surface area (Å²) in [4.78, 5) is 22.3. The quantitative estimate of drug-likeness (QED) is 0.436. The molecule has 20 heavy (non-hydrogen) atoms. The van der Waals surface area contributed by atoms with E-state index in [1.807, 2.05) is 23.9 Å². The number of aromatic nitrogens is 2. The molecule has 1 rings (SSSR count). The fraction of sp³-hybridized carbons (Fsp3) is 0.667. The fourth-order valence-electron chi connectivity index (χ4n) is 1.78. The molecule has 0 atom stereocenters. The van der Waals surface area contributed by atoms with Crippen molar-refractivity contribution in [1.29, 1.82) is 0 Å². The van der Waals surface area contributed by atoms with E-state index in [0.717, 1.165) is 6.54 Å². The highest BCUT2D eigenvalue weighted by Gasteiger charge is 2.26. The maximum absolute atomic E-state index is 11.2. The summed E-state index contributed by atoms with van der Waals surface area (Å²) < 4.78 is 0. The molecule has 0 aliphatic rings. The van der Waals surface area contributed by atoms with E-state index >= 15 is 0 Å². The van der Waals surface area contributed by atoms with Crippen LogP contribution >= 0.6 is 11.6 Å². The van der Waals surface area contributed by atoms with Gasteiger partial charge >= 0.3 is 5.69 Å². The summed E-state index contributed by atoms with van der Waals surface area (Å²) in [7, 11) is 3.91. The average Bonchev–Trinajstić information content (AvgIpc) is 2.33. The first kappa shape index (κ1) is 16.6. The highest BCUT2D eigenvalue weighted by Crippen LogP contribution is 2.31. The van der Waals surface area contributed by atoms with E-state index < -0.39 is 4.92 Å². The van der Waals surface area contributed by atoms with Gasteiger partial charge in [0.1, 0.15) is 6.33 Å². The molecule has 0 saturated heterocycles. The Morgan fingerprint density at radius 1 is 1.35 bits per heavy atom. The molecule has 0 saturated carbocycles. The first-order valence-electron chi connectivity index (χ1n) is 6.37. The van der Waals surface area contributed by atoms with E-state index in [-0.39, 0.29) is 16.7 Å². The molecule has 0 bridgehead atoms. The molecule has 0 aromatic carbocycles. The second kappa shape index (κ2) is 7.35. The smallest absolute Gasteiger partial charge is 0.348 e. The van der Waals surface area contributed by atoms with Crippen LogP contribution in [0.4, 0.5) is 11.5 Å². The standard InChI is InChI=1S/C12H20ClN5O2/c1-9(2)7-17(6-5-16(3)4)12-10(18(19)20)11(13)14-8-15-12/h8-9H,5-7H2,1-4H3. The summed E-state index contributed by atoms with van der Waals surface area (Å²) in [6.45, 7) is 6.18. The van der Waals surface area contributed by atoms with Gasteiger partial charge in [0.25, 0.3) is 0 Å². The molecule has 0 spiro atoms. The second-order valence-electron chi connectivity index (χ2n) is 5.24. The molecular weight excluding hydrogens is 282 g/mol. The molecule has 0 aliphatic carbocycles. The lowest BCUT2D eigenvalue weighted by Gasteiger charge is -2.26. The predicted octanol–water partition coefficient (Wildman–Crippen LogP) is 2.06. The molecule has 0 unspecified atom stereocenters. The van der Waals surface area contributed by atoms with E-state index in [1.165, 1.54) is 6.33 Å². The van der Waals surface area contributed by atoms with Gasteiger partial charge in [0.05, 0.1) is 4.92 Å². The van der Waals surface area contributed by atoms with Crippen LogP contribution in [-0.2, 0) is 0 Å². The Hall–Kier alpha value is -1.47. The Morgan fingerprint density at radius 2 is 2.00 bits per heavy atom. The molecule has 0 fully saturated rings. The molecule has 1 aromatic rings. The Labute approximate surface area is 123 Å². The van der Waals surface area contributed by atoms with E-state index in [1.54, 1.807) is 0 Å². The van der Waals surface area contributed by atoms with Gasteiger partial charge in [-0.25, -0.2) is 9.97 Å². The monoisotopic (exact) mass is 301 g/mol. The Kier molecular flexibility index (Phi) is 6.09. The van der Waals surface area contributed by atoms with Gasteiger partial charge in [-0.1, -0.05) is 25.4 Å².